The standard InChI is InChI=1S/C13H14N4O/c1-17-12(18)11(16-13(17)14)6-8-7-15-10-5-3-2-4-9(8)10/h2-5,7,11,15H,6H2,1H3,(H2,14,16)/t11-/m1/s1. The number of carbonyl (C=O) groups excluding carboxylic acids is 1. The van der Waals surface area contributed by atoms with Crippen LogP contribution in [0.4, 0.5) is 0 Å². The largest absolute Gasteiger partial charge is 0.361 e. The second-order valence-electron chi connectivity index (χ2n) is 4.51. The predicted octanol–water partition coefficient (Wildman–Crippen LogP) is 1.08. The van der Waals surface area contributed by atoms with E-state index in [1.54, 1.807) is 7.05 Å². The lowest BCUT2D eigenvalue weighted by Gasteiger charge is -2.07. The summed E-state index contributed by atoms with van der Waals surface area (Å²) >= 11 is 0. The number of fused-ring (bicyclic) bond motifs is 1. The Morgan fingerprint density at radius 2 is 2.17 bits per heavy atom. The van der Waals surface area contributed by atoms with E-state index in [1.165, 1.54) is 4.90 Å². The highest BCUT2D eigenvalue weighted by molar-refractivity contribution is 6.05. The molecular formula is C13H14N4O. The van der Waals surface area contributed by atoms with Crippen molar-refractivity contribution in [2.45, 2.75) is 12.5 Å². The van der Waals surface area contributed by atoms with Crippen molar-refractivity contribution in [1.82, 2.24) is 15.2 Å². The molecule has 0 saturated carbocycles. The SMILES string of the molecule is CN1C(=N)N[C@H](Cc2c[nH]c3ccccc23)C1=O. The van der Waals surface area contributed by atoms with Crippen molar-refractivity contribution < 1.29 is 4.79 Å². The van der Waals surface area contributed by atoms with E-state index >= 15 is 0 Å². The van der Waals surface area contributed by atoms with Gasteiger partial charge < -0.3 is 10.3 Å². The smallest absolute Gasteiger partial charge is 0.251 e. The highest BCUT2D eigenvalue weighted by atomic mass is 16.2. The van der Waals surface area contributed by atoms with E-state index in [1.807, 2.05) is 30.5 Å². The molecule has 92 valence electrons. The number of para-hydroxylation sites is 1. The number of hydrogen-bond donors (Lipinski definition) is 3. The van der Waals surface area contributed by atoms with Crippen LogP contribution in [0.15, 0.2) is 30.5 Å². The summed E-state index contributed by atoms with van der Waals surface area (Å²) in [5.74, 6) is 0.120. The van der Waals surface area contributed by atoms with Crippen LogP contribution in [0.3, 0.4) is 0 Å². The van der Waals surface area contributed by atoms with Gasteiger partial charge in [0, 0.05) is 30.6 Å². The van der Waals surface area contributed by atoms with Crippen LogP contribution in [0, 0.1) is 5.41 Å². The fraction of sp³-hybridized carbons (Fsp3) is 0.231. The van der Waals surface area contributed by atoms with Gasteiger partial charge in [-0.15, -0.1) is 0 Å². The van der Waals surface area contributed by atoms with Gasteiger partial charge in [0.25, 0.3) is 5.91 Å². The number of aromatic nitrogens is 1. The first kappa shape index (κ1) is 10.8. The zero-order valence-corrected chi connectivity index (χ0v) is 10.0. The normalized spacial score (nSPS) is 19.6. The van der Waals surface area contributed by atoms with Gasteiger partial charge in [0.05, 0.1) is 0 Å². The Bertz CT molecular complexity index is 631. The number of nitrogens with zero attached hydrogens (tertiary/aromatic N) is 1. The van der Waals surface area contributed by atoms with Gasteiger partial charge in [-0.25, -0.2) is 0 Å². The van der Waals surface area contributed by atoms with E-state index in [0.29, 0.717) is 6.42 Å². The lowest BCUT2D eigenvalue weighted by molar-refractivity contribution is -0.126. The minimum absolute atomic E-state index is 0.0507. The number of aromatic amines is 1. The molecule has 0 bridgehead atoms. The first-order chi connectivity index (χ1) is 8.66. The highest BCUT2D eigenvalue weighted by Gasteiger charge is 2.33. The molecule has 1 fully saturated rings. The molecule has 5 nitrogen and oxygen atoms in total. The summed E-state index contributed by atoms with van der Waals surface area (Å²) in [7, 11) is 1.62. The Labute approximate surface area is 104 Å². The predicted molar refractivity (Wildman–Crippen MR) is 69.4 cm³/mol. The number of hydrogen-bond acceptors (Lipinski definition) is 2. The number of likely N-dealkylation sites (N-methyl/N-ethyl adjacent to an activating group) is 1. The first-order valence-corrected chi connectivity index (χ1v) is 5.84. The second-order valence-corrected chi connectivity index (χ2v) is 4.51. The topological polar surface area (TPSA) is 72.0 Å². The van der Waals surface area contributed by atoms with Crippen LogP contribution in [-0.2, 0) is 11.2 Å². The quantitative estimate of drug-likeness (QED) is 0.737. The van der Waals surface area contributed by atoms with Gasteiger partial charge in [-0.3, -0.25) is 15.1 Å². The van der Waals surface area contributed by atoms with Crippen molar-refractivity contribution in [3.05, 3.63) is 36.0 Å². The maximum absolute atomic E-state index is 11.9. The minimum Gasteiger partial charge on any atom is -0.361 e. The number of amides is 1. The zero-order chi connectivity index (χ0) is 12.7. The summed E-state index contributed by atoms with van der Waals surface area (Å²) in [6.45, 7) is 0. The summed E-state index contributed by atoms with van der Waals surface area (Å²) < 4.78 is 0. The van der Waals surface area contributed by atoms with Crippen molar-refractivity contribution >= 4 is 22.8 Å². The van der Waals surface area contributed by atoms with E-state index in [4.69, 9.17) is 5.41 Å². The third-order valence-electron chi connectivity index (χ3n) is 3.37. The van der Waals surface area contributed by atoms with Gasteiger partial charge in [-0.05, 0) is 11.6 Å². The molecule has 0 aliphatic carbocycles. The minimum atomic E-state index is -0.332. The molecule has 1 aliphatic rings. The van der Waals surface area contributed by atoms with E-state index < -0.39 is 0 Å². The molecular weight excluding hydrogens is 228 g/mol. The summed E-state index contributed by atoms with van der Waals surface area (Å²) in [5.41, 5.74) is 2.17. The summed E-state index contributed by atoms with van der Waals surface area (Å²) in [6, 6.07) is 7.68. The van der Waals surface area contributed by atoms with E-state index in [0.717, 1.165) is 16.5 Å². The van der Waals surface area contributed by atoms with Crippen molar-refractivity contribution in [2.24, 2.45) is 0 Å². The van der Waals surface area contributed by atoms with Crippen LogP contribution in [0.1, 0.15) is 5.56 Å². The number of carbonyl (C=O) groups is 1. The molecule has 1 aromatic heterocycles. The highest BCUT2D eigenvalue weighted by Crippen LogP contribution is 2.20. The lowest BCUT2D eigenvalue weighted by Crippen LogP contribution is -2.31. The molecule has 18 heavy (non-hydrogen) atoms. The van der Waals surface area contributed by atoms with Gasteiger partial charge in [-0.2, -0.15) is 0 Å². The maximum atomic E-state index is 11.9. The molecule has 0 unspecified atom stereocenters. The Hall–Kier alpha value is -2.30. The van der Waals surface area contributed by atoms with Crippen LogP contribution >= 0.6 is 0 Å². The molecule has 2 aromatic rings. The van der Waals surface area contributed by atoms with Crippen LogP contribution in [-0.4, -0.2) is 34.8 Å². The van der Waals surface area contributed by atoms with E-state index in [2.05, 4.69) is 10.3 Å². The van der Waals surface area contributed by atoms with Gasteiger partial charge in [0.15, 0.2) is 5.96 Å². The van der Waals surface area contributed by atoms with Crippen LogP contribution in [0.25, 0.3) is 10.9 Å². The molecule has 1 saturated heterocycles. The summed E-state index contributed by atoms with van der Waals surface area (Å²) in [5, 5.41) is 11.6. The maximum Gasteiger partial charge on any atom is 0.251 e. The van der Waals surface area contributed by atoms with E-state index in [-0.39, 0.29) is 17.9 Å². The Balaban J connectivity index is 1.89. The Morgan fingerprint density at radius 1 is 1.39 bits per heavy atom. The van der Waals surface area contributed by atoms with Gasteiger partial charge in [-0.1, -0.05) is 18.2 Å². The Morgan fingerprint density at radius 3 is 2.89 bits per heavy atom. The van der Waals surface area contributed by atoms with E-state index in [9.17, 15) is 4.79 Å². The third kappa shape index (κ3) is 1.55. The molecule has 5 heteroatoms. The molecule has 3 rings (SSSR count). The van der Waals surface area contributed by atoms with Gasteiger partial charge >= 0.3 is 0 Å². The van der Waals surface area contributed by atoms with Crippen molar-refractivity contribution in [3.63, 3.8) is 0 Å². The first-order valence-electron chi connectivity index (χ1n) is 5.84. The number of rotatable bonds is 2. The molecule has 2 heterocycles. The number of guanidine groups is 1. The lowest BCUT2D eigenvalue weighted by atomic mass is 10.1. The third-order valence-corrected chi connectivity index (χ3v) is 3.37. The van der Waals surface area contributed by atoms with Crippen molar-refractivity contribution in [1.29, 1.82) is 5.41 Å². The molecule has 3 N–H and O–H groups in total. The van der Waals surface area contributed by atoms with Crippen LogP contribution in [0.2, 0.25) is 0 Å². The molecule has 1 aromatic carbocycles. The van der Waals surface area contributed by atoms with Gasteiger partial charge in [0.1, 0.15) is 6.04 Å². The number of H-pyrrole nitrogens is 1. The molecule has 1 amide bonds. The fourth-order valence-corrected chi connectivity index (χ4v) is 2.33. The van der Waals surface area contributed by atoms with Crippen LogP contribution < -0.4 is 5.32 Å². The fourth-order valence-electron chi connectivity index (χ4n) is 2.33. The summed E-state index contributed by atoms with van der Waals surface area (Å²) in [4.78, 5) is 16.4. The monoisotopic (exact) mass is 242 g/mol. The zero-order valence-electron chi connectivity index (χ0n) is 10.0. The number of nitrogens with one attached hydrogen (secondary N) is 3. The van der Waals surface area contributed by atoms with Crippen molar-refractivity contribution in [2.75, 3.05) is 7.05 Å². The van der Waals surface area contributed by atoms with Crippen molar-refractivity contribution in [3.8, 4) is 0 Å². The Kier molecular flexibility index (Phi) is 2.33. The molecule has 0 radical (unpaired) electrons. The average molecular weight is 242 g/mol. The molecule has 1 atom stereocenters. The molecule has 1 aliphatic heterocycles. The average Bonchev–Trinajstić information content (AvgIpc) is 2.89. The number of benzene rings is 1. The second kappa shape index (κ2) is 3.87. The van der Waals surface area contributed by atoms with Crippen LogP contribution in [0.5, 0.6) is 0 Å². The molecule has 0 spiro atoms. The van der Waals surface area contributed by atoms with Gasteiger partial charge in [0.2, 0.25) is 0 Å². The summed E-state index contributed by atoms with van der Waals surface area (Å²) in [6.07, 6.45) is 2.52.